The fourth-order valence-corrected chi connectivity index (χ4v) is 5.24. The van der Waals surface area contributed by atoms with Gasteiger partial charge in [0.25, 0.3) is 5.91 Å². The van der Waals surface area contributed by atoms with E-state index in [0.29, 0.717) is 36.8 Å². The molecule has 6 nitrogen and oxygen atoms in total. The van der Waals surface area contributed by atoms with Crippen molar-refractivity contribution in [3.05, 3.63) is 58.6 Å². The topological polar surface area (TPSA) is 75.7 Å². The molecule has 0 saturated carbocycles. The van der Waals surface area contributed by atoms with E-state index in [1.165, 1.54) is 4.31 Å². The predicted octanol–water partition coefficient (Wildman–Crippen LogP) is 2.74. The number of nitrogens with zero attached hydrogens (tertiary/aromatic N) is 1. The van der Waals surface area contributed by atoms with Crippen molar-refractivity contribution in [2.75, 3.05) is 13.1 Å². The van der Waals surface area contributed by atoms with Crippen molar-refractivity contribution < 1.29 is 17.9 Å². The van der Waals surface area contributed by atoms with Crippen LogP contribution in [0.5, 0.6) is 5.75 Å². The molecule has 0 aliphatic carbocycles. The molecule has 1 amide bonds. The van der Waals surface area contributed by atoms with E-state index < -0.39 is 16.1 Å². The second kappa shape index (κ2) is 7.73. The van der Waals surface area contributed by atoms with E-state index in [9.17, 15) is 13.2 Å². The summed E-state index contributed by atoms with van der Waals surface area (Å²) in [4.78, 5) is 12.7. The van der Waals surface area contributed by atoms with Gasteiger partial charge in [0.15, 0.2) is 6.10 Å². The summed E-state index contributed by atoms with van der Waals surface area (Å²) >= 11 is 5.98. The Labute approximate surface area is 169 Å². The number of halogens is 1. The Morgan fingerprint density at radius 2 is 1.86 bits per heavy atom. The summed E-state index contributed by atoms with van der Waals surface area (Å²) in [7, 11) is -3.42. The first-order valence-corrected chi connectivity index (χ1v) is 11.1. The zero-order chi connectivity index (χ0) is 19.7. The normalized spacial score (nSPS) is 19.2. The third-order valence-corrected chi connectivity index (χ3v) is 7.23. The molecule has 2 aliphatic heterocycles. The van der Waals surface area contributed by atoms with Crippen LogP contribution in [0.3, 0.4) is 0 Å². The van der Waals surface area contributed by atoms with Crippen LogP contribution in [0.4, 0.5) is 0 Å². The van der Waals surface area contributed by atoms with Crippen LogP contribution in [0.2, 0.25) is 5.02 Å². The summed E-state index contributed by atoms with van der Waals surface area (Å²) in [6.45, 7) is 1.46. The van der Waals surface area contributed by atoms with Gasteiger partial charge < -0.3 is 10.1 Å². The lowest BCUT2D eigenvalue weighted by Gasteiger charge is -2.16. The molecule has 1 saturated heterocycles. The van der Waals surface area contributed by atoms with Crippen LogP contribution < -0.4 is 10.1 Å². The molecule has 1 atom stereocenters. The van der Waals surface area contributed by atoms with Gasteiger partial charge in [0.1, 0.15) is 5.75 Å². The molecule has 148 valence electrons. The molecule has 2 aromatic carbocycles. The first-order chi connectivity index (χ1) is 13.4. The fourth-order valence-electron chi connectivity index (χ4n) is 3.52. The molecule has 0 bridgehead atoms. The number of carbonyl (C=O) groups is 1. The van der Waals surface area contributed by atoms with Crippen LogP contribution in [-0.4, -0.2) is 37.8 Å². The Hall–Kier alpha value is -2.09. The second-order valence-corrected chi connectivity index (χ2v) is 9.41. The monoisotopic (exact) mass is 420 g/mol. The number of ether oxygens (including phenoxy) is 1. The molecule has 0 aromatic heterocycles. The number of sulfonamides is 1. The molecule has 4 rings (SSSR count). The van der Waals surface area contributed by atoms with Crippen molar-refractivity contribution in [2.45, 2.75) is 36.8 Å². The lowest BCUT2D eigenvalue weighted by Crippen LogP contribution is -2.37. The standard InChI is InChI=1S/C20H21ClN2O4S/c21-16-5-8-18-15(11-16)12-19(27-18)20(24)22-13-14-3-6-17(7-4-14)28(25,26)23-9-1-2-10-23/h3-8,11,19H,1-2,9-10,12-13H2,(H,22,24). The van der Waals surface area contributed by atoms with Crippen molar-refractivity contribution in [1.82, 2.24) is 9.62 Å². The predicted molar refractivity (Wildman–Crippen MR) is 106 cm³/mol. The highest BCUT2D eigenvalue weighted by molar-refractivity contribution is 7.89. The van der Waals surface area contributed by atoms with Gasteiger partial charge in [-0.2, -0.15) is 4.31 Å². The van der Waals surface area contributed by atoms with E-state index in [1.807, 2.05) is 6.07 Å². The van der Waals surface area contributed by atoms with E-state index in [-0.39, 0.29) is 10.8 Å². The second-order valence-electron chi connectivity index (χ2n) is 7.04. The van der Waals surface area contributed by atoms with Crippen molar-refractivity contribution in [2.24, 2.45) is 0 Å². The van der Waals surface area contributed by atoms with Crippen LogP contribution in [0, 0.1) is 0 Å². The fraction of sp³-hybridized carbons (Fsp3) is 0.350. The van der Waals surface area contributed by atoms with E-state index >= 15 is 0 Å². The lowest BCUT2D eigenvalue weighted by molar-refractivity contribution is -0.127. The molecule has 0 spiro atoms. The van der Waals surface area contributed by atoms with Gasteiger partial charge in [-0.1, -0.05) is 23.7 Å². The molecular formula is C20H21ClN2O4S. The number of nitrogens with one attached hydrogen (secondary N) is 1. The van der Waals surface area contributed by atoms with Crippen molar-refractivity contribution >= 4 is 27.5 Å². The molecule has 0 radical (unpaired) electrons. The molecule has 1 N–H and O–H groups in total. The van der Waals surface area contributed by atoms with Crippen molar-refractivity contribution in [3.63, 3.8) is 0 Å². The third-order valence-electron chi connectivity index (χ3n) is 5.08. The molecule has 2 aromatic rings. The smallest absolute Gasteiger partial charge is 0.261 e. The number of carbonyl (C=O) groups excluding carboxylic acids is 1. The van der Waals surface area contributed by atoms with E-state index in [2.05, 4.69) is 5.32 Å². The maximum absolute atomic E-state index is 12.5. The Morgan fingerprint density at radius 3 is 2.57 bits per heavy atom. The average molecular weight is 421 g/mol. The van der Waals surface area contributed by atoms with E-state index in [0.717, 1.165) is 24.0 Å². The maximum Gasteiger partial charge on any atom is 0.261 e. The highest BCUT2D eigenvalue weighted by atomic mass is 35.5. The minimum Gasteiger partial charge on any atom is -0.480 e. The summed E-state index contributed by atoms with van der Waals surface area (Å²) < 4.78 is 32.3. The minimum absolute atomic E-state index is 0.207. The van der Waals surface area contributed by atoms with Gasteiger partial charge in [-0.25, -0.2) is 8.42 Å². The van der Waals surface area contributed by atoms with E-state index in [1.54, 1.807) is 36.4 Å². The van der Waals surface area contributed by atoms with Crippen LogP contribution in [-0.2, 0) is 27.8 Å². The molecule has 1 fully saturated rings. The average Bonchev–Trinajstić information content (AvgIpc) is 3.36. The summed E-state index contributed by atoms with van der Waals surface area (Å²) in [6.07, 6.45) is 1.71. The van der Waals surface area contributed by atoms with Gasteiger partial charge in [0, 0.05) is 31.1 Å². The zero-order valence-electron chi connectivity index (χ0n) is 15.2. The highest BCUT2D eigenvalue weighted by Crippen LogP contribution is 2.31. The van der Waals surface area contributed by atoms with Crippen molar-refractivity contribution in [3.8, 4) is 5.75 Å². The number of fused-ring (bicyclic) bond motifs is 1. The summed E-state index contributed by atoms with van der Waals surface area (Å²) in [6, 6.07) is 12.0. The van der Waals surface area contributed by atoms with Gasteiger partial charge in [-0.3, -0.25) is 4.79 Å². The molecule has 1 unspecified atom stereocenters. The number of hydrogen-bond donors (Lipinski definition) is 1. The summed E-state index contributed by atoms with van der Waals surface area (Å²) in [5, 5.41) is 3.46. The summed E-state index contributed by atoms with van der Waals surface area (Å²) in [5.74, 6) is 0.474. The van der Waals surface area contributed by atoms with Gasteiger partial charge in [-0.15, -0.1) is 0 Å². The zero-order valence-corrected chi connectivity index (χ0v) is 16.8. The molecule has 8 heteroatoms. The van der Waals surface area contributed by atoms with Crippen LogP contribution in [0.25, 0.3) is 0 Å². The molecule has 2 heterocycles. The highest BCUT2D eigenvalue weighted by Gasteiger charge is 2.29. The Balaban J connectivity index is 1.35. The summed E-state index contributed by atoms with van der Waals surface area (Å²) in [5.41, 5.74) is 1.75. The third kappa shape index (κ3) is 3.87. The number of hydrogen-bond acceptors (Lipinski definition) is 4. The Kier molecular flexibility index (Phi) is 5.31. The maximum atomic E-state index is 12.5. The molecule has 28 heavy (non-hydrogen) atoms. The van der Waals surface area contributed by atoms with E-state index in [4.69, 9.17) is 16.3 Å². The number of amides is 1. The van der Waals surface area contributed by atoms with Crippen LogP contribution in [0.1, 0.15) is 24.0 Å². The molecular weight excluding hydrogens is 400 g/mol. The van der Waals surface area contributed by atoms with Gasteiger partial charge >= 0.3 is 0 Å². The quantitative estimate of drug-likeness (QED) is 0.807. The van der Waals surface area contributed by atoms with Crippen LogP contribution in [0.15, 0.2) is 47.4 Å². The van der Waals surface area contributed by atoms with Gasteiger partial charge in [0.05, 0.1) is 4.90 Å². The first kappa shape index (κ1) is 19.2. The number of benzene rings is 2. The van der Waals surface area contributed by atoms with Crippen LogP contribution >= 0.6 is 11.6 Å². The minimum atomic E-state index is -3.42. The Morgan fingerprint density at radius 1 is 1.14 bits per heavy atom. The van der Waals surface area contributed by atoms with Crippen molar-refractivity contribution in [1.29, 1.82) is 0 Å². The number of rotatable bonds is 5. The van der Waals surface area contributed by atoms with Gasteiger partial charge in [0.2, 0.25) is 10.0 Å². The molecule has 2 aliphatic rings. The lowest BCUT2D eigenvalue weighted by atomic mass is 10.1. The first-order valence-electron chi connectivity index (χ1n) is 9.25. The van der Waals surface area contributed by atoms with Gasteiger partial charge in [-0.05, 0) is 54.3 Å². The Bertz CT molecular complexity index is 986. The largest absolute Gasteiger partial charge is 0.480 e. The SMILES string of the molecule is O=C(NCc1ccc(S(=O)(=O)N2CCCC2)cc1)C1Cc2cc(Cl)ccc2O1.